The lowest BCUT2D eigenvalue weighted by molar-refractivity contribution is 0.0153. The highest BCUT2D eigenvalue weighted by atomic mass is 19.1. The summed E-state index contributed by atoms with van der Waals surface area (Å²) in [7, 11) is 0. The highest BCUT2D eigenvalue weighted by molar-refractivity contribution is 5.64. The molecule has 5 rings (SSSR count). The lowest BCUT2D eigenvalue weighted by Gasteiger charge is -2.39. The minimum absolute atomic E-state index is 0.274. The van der Waals surface area contributed by atoms with E-state index in [2.05, 4.69) is 29.9 Å². The van der Waals surface area contributed by atoms with Crippen molar-refractivity contribution in [1.29, 1.82) is 0 Å². The van der Waals surface area contributed by atoms with Crippen molar-refractivity contribution in [3.63, 3.8) is 0 Å². The Morgan fingerprint density at radius 1 is 1.17 bits per heavy atom. The molecule has 1 heterocycles. The van der Waals surface area contributed by atoms with E-state index in [0.717, 1.165) is 34.5 Å². The first-order chi connectivity index (χ1) is 14.4. The molecule has 2 aromatic carbocycles. The molecule has 0 saturated heterocycles. The van der Waals surface area contributed by atoms with Crippen molar-refractivity contribution in [1.82, 2.24) is 9.78 Å². The number of hydrogen-bond acceptors (Lipinski definition) is 3. The summed E-state index contributed by atoms with van der Waals surface area (Å²) in [5.74, 6) is 5.98. The molecule has 0 radical (unpaired) electrons. The number of nitrogen functional groups attached to an aromatic ring is 1. The zero-order valence-electron chi connectivity index (χ0n) is 16.7. The Labute approximate surface area is 174 Å². The minimum atomic E-state index is -1.14. The van der Waals surface area contributed by atoms with Crippen molar-refractivity contribution in [2.75, 3.05) is 5.73 Å². The zero-order chi connectivity index (χ0) is 20.9. The van der Waals surface area contributed by atoms with Gasteiger partial charge >= 0.3 is 0 Å². The lowest BCUT2D eigenvalue weighted by atomic mass is 9.67. The molecule has 5 heteroatoms. The molecule has 0 bridgehead atoms. The number of fused-ring (bicyclic) bond motifs is 2. The van der Waals surface area contributed by atoms with Gasteiger partial charge in [-0.05, 0) is 67.3 Å². The molecule has 2 aliphatic carbocycles. The van der Waals surface area contributed by atoms with E-state index in [0.29, 0.717) is 18.5 Å². The van der Waals surface area contributed by atoms with Gasteiger partial charge in [-0.3, -0.25) is 0 Å². The van der Waals surface area contributed by atoms with E-state index in [1.165, 1.54) is 12.1 Å². The molecule has 30 heavy (non-hydrogen) atoms. The number of benzene rings is 2. The number of nitrogens with zero attached hydrogens (tertiary/aromatic N) is 2. The Morgan fingerprint density at radius 3 is 2.70 bits per heavy atom. The number of para-hydroxylation sites is 1. The van der Waals surface area contributed by atoms with Crippen molar-refractivity contribution in [2.45, 2.75) is 31.8 Å². The summed E-state index contributed by atoms with van der Waals surface area (Å²) >= 11 is 0. The summed E-state index contributed by atoms with van der Waals surface area (Å²) in [4.78, 5) is 0. The third-order valence-electron chi connectivity index (χ3n) is 6.55. The van der Waals surface area contributed by atoms with E-state index in [4.69, 9.17) is 5.73 Å². The van der Waals surface area contributed by atoms with Gasteiger partial charge in [0.05, 0.1) is 17.6 Å². The zero-order valence-corrected chi connectivity index (χ0v) is 16.7. The maximum atomic E-state index is 13.3. The van der Waals surface area contributed by atoms with Gasteiger partial charge in [-0.1, -0.05) is 36.5 Å². The molecule has 0 aliphatic heterocycles. The predicted octanol–water partition coefficient (Wildman–Crippen LogP) is 4.12. The van der Waals surface area contributed by atoms with E-state index in [1.807, 2.05) is 35.1 Å². The van der Waals surface area contributed by atoms with Crippen molar-refractivity contribution >= 4 is 11.8 Å². The van der Waals surface area contributed by atoms with E-state index >= 15 is 0 Å². The Hall–Kier alpha value is -3.36. The van der Waals surface area contributed by atoms with Gasteiger partial charge in [0.25, 0.3) is 0 Å². The highest BCUT2D eigenvalue weighted by Crippen LogP contribution is 2.55. The normalized spacial score (nSPS) is 24.4. The molecule has 1 fully saturated rings. The van der Waals surface area contributed by atoms with Crippen LogP contribution >= 0.6 is 0 Å². The predicted molar refractivity (Wildman–Crippen MR) is 115 cm³/mol. The molecule has 3 N–H and O–H groups in total. The van der Waals surface area contributed by atoms with Crippen LogP contribution < -0.4 is 5.73 Å². The van der Waals surface area contributed by atoms with Crippen LogP contribution in [-0.2, 0) is 6.42 Å². The molecule has 2 aliphatic rings. The fourth-order valence-corrected chi connectivity index (χ4v) is 4.62. The van der Waals surface area contributed by atoms with Crippen molar-refractivity contribution in [3.05, 3.63) is 82.9 Å². The van der Waals surface area contributed by atoms with Crippen LogP contribution in [0.3, 0.4) is 0 Å². The Bertz CT molecular complexity index is 1230. The molecular weight excluding hydrogens is 377 g/mol. The topological polar surface area (TPSA) is 64.1 Å². The third-order valence-corrected chi connectivity index (χ3v) is 6.55. The van der Waals surface area contributed by atoms with Gasteiger partial charge in [-0.25, -0.2) is 9.07 Å². The second-order valence-electron chi connectivity index (χ2n) is 8.32. The quantitative estimate of drug-likeness (QED) is 0.478. The van der Waals surface area contributed by atoms with Gasteiger partial charge in [-0.2, -0.15) is 5.10 Å². The number of rotatable bonds is 1. The lowest BCUT2D eigenvalue weighted by Crippen LogP contribution is -2.44. The molecular formula is C25H22FN3O. The maximum absolute atomic E-state index is 13.3. The summed E-state index contributed by atoms with van der Waals surface area (Å²) in [5.41, 5.74) is 9.73. The van der Waals surface area contributed by atoms with E-state index < -0.39 is 11.0 Å². The monoisotopic (exact) mass is 399 g/mol. The molecule has 4 nitrogen and oxygen atoms in total. The summed E-state index contributed by atoms with van der Waals surface area (Å²) < 4.78 is 15.1. The fourth-order valence-electron chi connectivity index (χ4n) is 4.62. The molecule has 150 valence electrons. The van der Waals surface area contributed by atoms with Crippen LogP contribution in [0.2, 0.25) is 0 Å². The van der Waals surface area contributed by atoms with Crippen LogP contribution in [0, 0.1) is 23.1 Å². The van der Waals surface area contributed by atoms with Gasteiger partial charge in [0.15, 0.2) is 0 Å². The first kappa shape index (κ1) is 18.7. The van der Waals surface area contributed by atoms with Gasteiger partial charge < -0.3 is 10.8 Å². The molecule has 3 aromatic rings. The second kappa shape index (κ2) is 6.58. The molecule has 0 spiro atoms. The summed E-state index contributed by atoms with van der Waals surface area (Å²) in [6, 6.07) is 13.7. The molecule has 1 unspecified atom stereocenters. The van der Waals surface area contributed by atoms with Crippen LogP contribution in [0.4, 0.5) is 10.1 Å². The summed E-state index contributed by atoms with van der Waals surface area (Å²) in [5, 5.41) is 16.1. The Morgan fingerprint density at radius 2 is 1.93 bits per heavy atom. The van der Waals surface area contributed by atoms with Gasteiger partial charge in [0.1, 0.15) is 11.4 Å². The maximum Gasteiger partial charge on any atom is 0.135 e. The Balaban J connectivity index is 1.53. The summed E-state index contributed by atoms with van der Waals surface area (Å²) in [6.45, 7) is 2.08. The van der Waals surface area contributed by atoms with E-state index in [-0.39, 0.29) is 5.82 Å². The van der Waals surface area contributed by atoms with Crippen LogP contribution in [-0.4, -0.2) is 20.5 Å². The van der Waals surface area contributed by atoms with Crippen LogP contribution in [0.25, 0.3) is 11.8 Å². The largest absolute Gasteiger partial charge is 0.398 e. The highest BCUT2D eigenvalue weighted by Gasteiger charge is 2.54. The summed E-state index contributed by atoms with van der Waals surface area (Å²) in [6.07, 6.45) is 5.93. The van der Waals surface area contributed by atoms with Crippen LogP contribution in [0.1, 0.15) is 36.6 Å². The van der Waals surface area contributed by atoms with Crippen molar-refractivity contribution in [3.8, 4) is 17.5 Å². The number of halogens is 1. The first-order valence-corrected chi connectivity index (χ1v) is 10.0. The molecule has 0 amide bonds. The van der Waals surface area contributed by atoms with E-state index in [1.54, 1.807) is 12.1 Å². The molecule has 1 aromatic heterocycles. The molecule has 2 atom stereocenters. The average molecular weight is 399 g/mol. The van der Waals surface area contributed by atoms with Crippen LogP contribution in [0.5, 0.6) is 0 Å². The second-order valence-corrected chi connectivity index (χ2v) is 8.32. The standard InChI is InChI=1S/C25H22FN3O/c1-24-15-18-16-28-29(21-8-6-20(26)7-9-21)23(18)14-19(24)11-13-25(24,30)12-10-17-4-2-3-5-22(17)27/h2-9,14,16,30H,11,13,15,27H2,1H3/t24?,25-/m0/s1. The van der Waals surface area contributed by atoms with Gasteiger partial charge in [0.2, 0.25) is 0 Å². The minimum Gasteiger partial charge on any atom is -0.398 e. The van der Waals surface area contributed by atoms with Crippen LogP contribution in [0.15, 0.2) is 60.3 Å². The smallest absolute Gasteiger partial charge is 0.135 e. The van der Waals surface area contributed by atoms with E-state index in [9.17, 15) is 9.50 Å². The van der Waals surface area contributed by atoms with Gasteiger partial charge in [0, 0.05) is 16.7 Å². The number of anilines is 1. The third kappa shape index (κ3) is 2.76. The number of aliphatic hydroxyl groups is 1. The number of hydrogen-bond donors (Lipinski definition) is 2. The number of aromatic nitrogens is 2. The first-order valence-electron chi connectivity index (χ1n) is 10.0. The SMILES string of the molecule is CC12Cc3cnn(-c4ccc(F)cc4)c3C=C1CC[C@@]2(O)C#Cc1ccccc1N. The molecule has 1 saturated carbocycles. The van der Waals surface area contributed by atoms with Gasteiger partial charge in [-0.15, -0.1) is 0 Å². The fraction of sp³-hybridized carbons (Fsp3) is 0.240. The Kier molecular flexibility index (Phi) is 4.09. The average Bonchev–Trinajstić information content (AvgIpc) is 3.24. The number of nitrogens with two attached hydrogens (primary N) is 1. The van der Waals surface area contributed by atoms with Crippen molar-refractivity contribution in [2.24, 2.45) is 5.41 Å². The van der Waals surface area contributed by atoms with Crippen molar-refractivity contribution < 1.29 is 9.50 Å².